The number of hydrogen-bond donors (Lipinski definition) is 2. The minimum Gasteiger partial charge on any atom is -0.392 e. The second-order valence-corrected chi connectivity index (χ2v) is 9.26. The van der Waals surface area contributed by atoms with Gasteiger partial charge in [-0.1, -0.05) is 26.8 Å². The molecule has 2 N–H and O–H groups in total. The van der Waals surface area contributed by atoms with E-state index in [-0.39, 0.29) is 29.0 Å². The topological polar surface area (TPSA) is 74.6 Å². The Balaban J connectivity index is 1.88. The van der Waals surface area contributed by atoms with E-state index in [4.69, 9.17) is 0 Å². The molecule has 4 nitrogen and oxygen atoms in total. The van der Waals surface area contributed by atoms with Gasteiger partial charge in [0.25, 0.3) is 0 Å². The van der Waals surface area contributed by atoms with Gasteiger partial charge < -0.3 is 15.0 Å². The fourth-order valence-corrected chi connectivity index (χ4v) is 7.31. The molecule has 0 aromatic heterocycles. The molecule has 4 heteroatoms. The molecule has 0 saturated heterocycles. The van der Waals surface area contributed by atoms with Gasteiger partial charge in [-0.15, -0.1) is 0 Å². The lowest BCUT2D eigenvalue weighted by molar-refractivity contribution is -0.224. The molecular formula is C20H28O4. The lowest BCUT2D eigenvalue weighted by Crippen LogP contribution is -2.67. The lowest BCUT2D eigenvalue weighted by atomic mass is 9.40. The highest BCUT2D eigenvalue weighted by molar-refractivity contribution is 6.04. The third-order valence-corrected chi connectivity index (χ3v) is 8.44. The summed E-state index contributed by atoms with van der Waals surface area (Å²) in [6.07, 6.45) is 4.11. The van der Waals surface area contributed by atoms with Crippen molar-refractivity contribution in [1.29, 1.82) is 0 Å². The van der Waals surface area contributed by atoms with Crippen LogP contribution in [-0.4, -0.2) is 34.5 Å². The summed E-state index contributed by atoms with van der Waals surface area (Å²) in [5.41, 5.74) is -1.23. The van der Waals surface area contributed by atoms with Crippen LogP contribution in [0.5, 0.6) is 0 Å². The maximum Gasteiger partial charge on any atom is 0.170 e. The van der Waals surface area contributed by atoms with Crippen molar-refractivity contribution in [1.82, 2.24) is 0 Å². The highest BCUT2D eigenvalue weighted by Crippen LogP contribution is 2.70. The van der Waals surface area contributed by atoms with E-state index in [1.165, 1.54) is 0 Å². The predicted molar refractivity (Wildman–Crippen MR) is 89.0 cm³/mol. The monoisotopic (exact) mass is 332 g/mol. The summed E-state index contributed by atoms with van der Waals surface area (Å²) >= 11 is 0. The number of aliphatic hydroxyl groups excluding tert-OH is 2. The van der Waals surface area contributed by atoms with E-state index in [0.29, 0.717) is 12.0 Å². The van der Waals surface area contributed by atoms with E-state index in [9.17, 15) is 19.8 Å². The molecule has 0 radical (unpaired) electrons. The van der Waals surface area contributed by atoms with E-state index in [0.717, 1.165) is 38.4 Å². The molecule has 4 fully saturated rings. The molecule has 1 spiro atoms. The summed E-state index contributed by atoms with van der Waals surface area (Å²) in [7, 11) is 0. The molecule has 0 aromatic carbocycles. The summed E-state index contributed by atoms with van der Waals surface area (Å²) in [6, 6.07) is 0. The summed E-state index contributed by atoms with van der Waals surface area (Å²) in [6.45, 7) is 8.14. The van der Waals surface area contributed by atoms with Crippen molar-refractivity contribution in [2.75, 3.05) is 0 Å². The van der Waals surface area contributed by atoms with Crippen LogP contribution in [0.15, 0.2) is 12.2 Å². The van der Waals surface area contributed by atoms with Crippen LogP contribution in [-0.2, 0) is 9.59 Å². The molecule has 0 heterocycles. The van der Waals surface area contributed by atoms with Gasteiger partial charge in [-0.05, 0) is 54.9 Å². The molecule has 4 saturated carbocycles. The van der Waals surface area contributed by atoms with Gasteiger partial charge >= 0.3 is 0 Å². The number of carbonyl (C=O) groups is 2. The number of aliphatic hydroxyl groups is 2. The second-order valence-electron chi connectivity index (χ2n) is 9.26. The van der Waals surface area contributed by atoms with Crippen molar-refractivity contribution in [3.05, 3.63) is 12.2 Å². The zero-order valence-corrected chi connectivity index (χ0v) is 14.6. The second kappa shape index (κ2) is 4.79. The van der Waals surface area contributed by atoms with Gasteiger partial charge in [0.2, 0.25) is 0 Å². The molecule has 0 amide bonds. The van der Waals surface area contributed by atoms with Crippen LogP contribution in [0.3, 0.4) is 0 Å². The number of carbonyl (C=O) groups excluding carboxylic acids is 2. The minimum atomic E-state index is -1.09. The molecule has 24 heavy (non-hydrogen) atoms. The van der Waals surface area contributed by atoms with Crippen LogP contribution in [0, 0.1) is 34.0 Å². The van der Waals surface area contributed by atoms with Crippen molar-refractivity contribution in [3.63, 3.8) is 0 Å². The number of hydrogen-bond acceptors (Lipinski definition) is 4. The molecule has 0 aromatic rings. The van der Waals surface area contributed by atoms with Crippen molar-refractivity contribution in [3.8, 4) is 0 Å². The molecule has 8 atom stereocenters. The minimum absolute atomic E-state index is 0.0623. The molecule has 4 aliphatic rings. The Morgan fingerprint density at radius 1 is 1.17 bits per heavy atom. The zero-order valence-electron chi connectivity index (χ0n) is 14.6. The maximum atomic E-state index is 13.1. The number of aldehydes is 1. The smallest absolute Gasteiger partial charge is 0.170 e. The van der Waals surface area contributed by atoms with Gasteiger partial charge in [0.1, 0.15) is 6.29 Å². The number of ketones is 1. The maximum absolute atomic E-state index is 13.1. The quantitative estimate of drug-likeness (QED) is 0.571. The molecule has 0 aliphatic heterocycles. The summed E-state index contributed by atoms with van der Waals surface area (Å²) in [5.74, 6) is -0.332. The van der Waals surface area contributed by atoms with Crippen LogP contribution in [0.1, 0.15) is 52.4 Å². The first-order chi connectivity index (χ1) is 11.2. The van der Waals surface area contributed by atoms with Crippen LogP contribution in [0.4, 0.5) is 0 Å². The Labute approximate surface area is 143 Å². The number of fused-ring (bicyclic) bond motifs is 3. The third-order valence-electron chi connectivity index (χ3n) is 8.44. The van der Waals surface area contributed by atoms with E-state index in [1.54, 1.807) is 0 Å². The fourth-order valence-electron chi connectivity index (χ4n) is 7.31. The first kappa shape index (κ1) is 16.5. The van der Waals surface area contributed by atoms with Gasteiger partial charge in [0.05, 0.1) is 17.6 Å². The first-order valence-corrected chi connectivity index (χ1v) is 9.29. The molecule has 4 rings (SSSR count). The molecular weight excluding hydrogens is 304 g/mol. The molecule has 2 unspecified atom stereocenters. The standard InChI is InChI=1S/C20H28O4/c1-11-12-5-6-13-19(3)8-4-7-18(2,10-21)14(19)9-15(22)20(13,16(11)23)17(12)24/h10,12-15,17,22,24H,1,4-9H2,2-3H3/t12-,13-,14+,15?,17+,18+,19-,20?/m0/s1. The summed E-state index contributed by atoms with van der Waals surface area (Å²) in [5, 5.41) is 22.1. The van der Waals surface area contributed by atoms with E-state index < -0.39 is 23.0 Å². The fraction of sp³-hybridized carbons (Fsp3) is 0.800. The van der Waals surface area contributed by atoms with Crippen molar-refractivity contribution in [2.45, 2.75) is 64.6 Å². The van der Waals surface area contributed by atoms with Gasteiger partial charge in [-0.3, -0.25) is 4.79 Å². The molecule has 132 valence electrons. The highest BCUT2D eigenvalue weighted by atomic mass is 16.3. The van der Waals surface area contributed by atoms with Gasteiger partial charge in [0, 0.05) is 11.3 Å². The number of Topliss-reactive ketones (excluding diaryl/α,β-unsaturated/α-hetero) is 1. The van der Waals surface area contributed by atoms with Crippen molar-refractivity contribution >= 4 is 12.1 Å². The van der Waals surface area contributed by atoms with Gasteiger partial charge in [-0.2, -0.15) is 0 Å². The van der Waals surface area contributed by atoms with E-state index >= 15 is 0 Å². The third kappa shape index (κ3) is 1.58. The van der Waals surface area contributed by atoms with Crippen molar-refractivity contribution < 1.29 is 19.8 Å². The zero-order chi connectivity index (χ0) is 17.5. The SMILES string of the molecule is C=C1C(=O)C23C(O)C[C@H]4[C@@](C)(CCC[C@]4(C)C=O)[C@@H]2CC[C@@H]1[C@H]3O. The Morgan fingerprint density at radius 3 is 2.54 bits per heavy atom. The molecule has 2 bridgehead atoms. The Kier molecular flexibility index (Phi) is 3.29. The number of rotatable bonds is 1. The normalized spacial score (nSPS) is 56.6. The van der Waals surface area contributed by atoms with Crippen LogP contribution in [0.25, 0.3) is 0 Å². The van der Waals surface area contributed by atoms with E-state index in [2.05, 4.69) is 13.5 Å². The molecule has 4 aliphatic carbocycles. The van der Waals surface area contributed by atoms with Crippen LogP contribution < -0.4 is 0 Å². The summed E-state index contributed by atoms with van der Waals surface area (Å²) in [4.78, 5) is 25.0. The highest BCUT2D eigenvalue weighted by Gasteiger charge is 2.73. The lowest BCUT2D eigenvalue weighted by Gasteiger charge is -2.64. The van der Waals surface area contributed by atoms with Gasteiger partial charge in [0.15, 0.2) is 5.78 Å². The van der Waals surface area contributed by atoms with E-state index in [1.807, 2.05) is 6.92 Å². The largest absolute Gasteiger partial charge is 0.392 e. The van der Waals surface area contributed by atoms with Crippen LogP contribution in [0.2, 0.25) is 0 Å². The average Bonchev–Trinajstić information content (AvgIpc) is 2.66. The first-order valence-electron chi connectivity index (χ1n) is 9.29. The Hall–Kier alpha value is -1.00. The summed E-state index contributed by atoms with van der Waals surface area (Å²) < 4.78 is 0. The Morgan fingerprint density at radius 2 is 1.88 bits per heavy atom. The predicted octanol–water partition coefficient (Wildman–Crippen LogP) is 2.28. The average molecular weight is 332 g/mol. The van der Waals surface area contributed by atoms with Crippen molar-refractivity contribution in [2.24, 2.45) is 34.0 Å². The van der Waals surface area contributed by atoms with Gasteiger partial charge in [-0.25, -0.2) is 0 Å². The Bertz CT molecular complexity index is 627. The van der Waals surface area contributed by atoms with Crippen LogP contribution >= 0.6 is 0 Å².